The molecule has 2 aliphatic carbocycles. The van der Waals surface area contributed by atoms with Gasteiger partial charge in [0.05, 0.1) is 0 Å². The van der Waals surface area contributed by atoms with E-state index in [0.717, 1.165) is 12.0 Å². The number of rotatable bonds is 5. The molecule has 1 N–H and O–H groups in total. The average molecular weight is 223 g/mol. The normalized spacial score (nSPS) is 27.4. The van der Waals surface area contributed by atoms with Crippen molar-refractivity contribution in [3.63, 3.8) is 0 Å². The Morgan fingerprint density at radius 3 is 2.12 bits per heavy atom. The summed E-state index contributed by atoms with van der Waals surface area (Å²) in [7, 11) is 0. The lowest BCUT2D eigenvalue weighted by molar-refractivity contribution is 0.151. The second kappa shape index (κ2) is 5.53. The summed E-state index contributed by atoms with van der Waals surface area (Å²) in [6, 6.07) is 0.872. The van der Waals surface area contributed by atoms with Crippen molar-refractivity contribution in [3.05, 3.63) is 0 Å². The van der Waals surface area contributed by atoms with Gasteiger partial charge in [-0.3, -0.25) is 0 Å². The van der Waals surface area contributed by atoms with E-state index in [1.807, 2.05) is 0 Å². The van der Waals surface area contributed by atoms with Crippen LogP contribution in [0.4, 0.5) is 0 Å². The van der Waals surface area contributed by atoms with E-state index in [1.54, 1.807) is 0 Å². The van der Waals surface area contributed by atoms with Crippen molar-refractivity contribution in [2.75, 3.05) is 6.54 Å². The minimum absolute atomic E-state index is 0.562. The van der Waals surface area contributed by atoms with Gasteiger partial charge >= 0.3 is 0 Å². The molecule has 2 rings (SSSR count). The van der Waals surface area contributed by atoms with E-state index in [4.69, 9.17) is 0 Å². The first-order valence-corrected chi connectivity index (χ1v) is 7.48. The van der Waals surface area contributed by atoms with Crippen LogP contribution in [0.5, 0.6) is 0 Å². The third kappa shape index (κ3) is 3.23. The maximum absolute atomic E-state index is 3.77. The number of hydrogen-bond acceptors (Lipinski definition) is 1. The van der Waals surface area contributed by atoms with Gasteiger partial charge < -0.3 is 5.32 Å². The van der Waals surface area contributed by atoms with Crippen molar-refractivity contribution < 1.29 is 0 Å². The van der Waals surface area contributed by atoms with Crippen molar-refractivity contribution in [2.45, 2.75) is 77.7 Å². The predicted octanol–water partition coefficient (Wildman–Crippen LogP) is 4.13. The molecule has 0 amide bonds. The molecule has 2 aliphatic rings. The van der Waals surface area contributed by atoms with Crippen LogP contribution in [-0.2, 0) is 0 Å². The SMILES string of the molecule is CCC(C)(CNC1CC1)C1CCCCCC1. The van der Waals surface area contributed by atoms with Crippen LogP contribution in [0.25, 0.3) is 0 Å². The van der Waals surface area contributed by atoms with Crippen LogP contribution in [0.1, 0.15) is 71.6 Å². The summed E-state index contributed by atoms with van der Waals surface area (Å²) in [6.45, 7) is 6.18. The summed E-state index contributed by atoms with van der Waals surface area (Å²) < 4.78 is 0. The van der Waals surface area contributed by atoms with Crippen LogP contribution in [0.2, 0.25) is 0 Å². The molecule has 2 saturated carbocycles. The fourth-order valence-corrected chi connectivity index (χ4v) is 3.20. The summed E-state index contributed by atoms with van der Waals surface area (Å²) in [5.74, 6) is 0.978. The maximum atomic E-state index is 3.77. The molecule has 0 aromatic rings. The molecule has 1 nitrogen and oxygen atoms in total. The maximum Gasteiger partial charge on any atom is 0.00684 e. The van der Waals surface area contributed by atoms with E-state index in [2.05, 4.69) is 19.2 Å². The Hall–Kier alpha value is -0.0400. The Kier molecular flexibility index (Phi) is 4.29. The Labute approximate surface area is 101 Å². The third-order valence-electron chi connectivity index (χ3n) is 5.02. The molecule has 0 bridgehead atoms. The molecular formula is C15H29N. The highest BCUT2D eigenvalue weighted by atomic mass is 15.0. The Balaban J connectivity index is 1.87. The van der Waals surface area contributed by atoms with Crippen LogP contribution in [0.15, 0.2) is 0 Å². The van der Waals surface area contributed by atoms with E-state index in [0.29, 0.717) is 5.41 Å². The fraction of sp³-hybridized carbons (Fsp3) is 1.00. The predicted molar refractivity (Wildman–Crippen MR) is 70.6 cm³/mol. The lowest BCUT2D eigenvalue weighted by Gasteiger charge is -2.37. The summed E-state index contributed by atoms with van der Waals surface area (Å²) in [6.07, 6.45) is 13.1. The zero-order valence-electron chi connectivity index (χ0n) is 11.2. The van der Waals surface area contributed by atoms with Crippen molar-refractivity contribution in [1.82, 2.24) is 5.32 Å². The first kappa shape index (κ1) is 12.4. The van der Waals surface area contributed by atoms with Crippen molar-refractivity contribution in [3.8, 4) is 0 Å². The van der Waals surface area contributed by atoms with Crippen molar-refractivity contribution >= 4 is 0 Å². The van der Waals surface area contributed by atoms with Gasteiger partial charge in [-0.05, 0) is 43.4 Å². The third-order valence-corrected chi connectivity index (χ3v) is 5.02. The highest BCUT2D eigenvalue weighted by Crippen LogP contribution is 2.40. The molecule has 1 atom stereocenters. The molecule has 16 heavy (non-hydrogen) atoms. The van der Waals surface area contributed by atoms with Gasteiger partial charge in [0.1, 0.15) is 0 Å². The first-order chi connectivity index (χ1) is 7.74. The Morgan fingerprint density at radius 2 is 1.62 bits per heavy atom. The number of hydrogen-bond donors (Lipinski definition) is 1. The van der Waals surface area contributed by atoms with Gasteiger partial charge in [0, 0.05) is 12.6 Å². The van der Waals surface area contributed by atoms with Gasteiger partial charge in [0.15, 0.2) is 0 Å². The van der Waals surface area contributed by atoms with Gasteiger partial charge in [-0.15, -0.1) is 0 Å². The molecule has 0 saturated heterocycles. The second-order valence-electron chi connectivity index (χ2n) is 6.35. The smallest absolute Gasteiger partial charge is 0.00684 e. The molecule has 0 radical (unpaired) electrons. The molecule has 0 aliphatic heterocycles. The molecule has 0 spiro atoms. The molecule has 1 heteroatoms. The highest BCUT2D eigenvalue weighted by molar-refractivity contribution is 4.89. The lowest BCUT2D eigenvalue weighted by Crippen LogP contribution is -2.38. The standard InChI is InChI=1S/C15H29N/c1-3-15(2,12-16-14-10-11-14)13-8-6-4-5-7-9-13/h13-14,16H,3-12H2,1-2H3. The molecular weight excluding hydrogens is 194 g/mol. The van der Waals surface area contributed by atoms with Crippen molar-refractivity contribution in [2.24, 2.45) is 11.3 Å². The summed E-state index contributed by atoms with van der Waals surface area (Å²) >= 11 is 0. The number of nitrogens with one attached hydrogen (secondary N) is 1. The monoisotopic (exact) mass is 223 g/mol. The Morgan fingerprint density at radius 1 is 1.00 bits per heavy atom. The van der Waals surface area contributed by atoms with Crippen LogP contribution in [-0.4, -0.2) is 12.6 Å². The van der Waals surface area contributed by atoms with E-state index >= 15 is 0 Å². The van der Waals surface area contributed by atoms with Crippen LogP contribution in [0.3, 0.4) is 0 Å². The van der Waals surface area contributed by atoms with E-state index in [9.17, 15) is 0 Å². The van der Waals surface area contributed by atoms with Gasteiger partial charge in [-0.25, -0.2) is 0 Å². The lowest BCUT2D eigenvalue weighted by atomic mass is 9.71. The zero-order chi connectivity index (χ0) is 11.4. The van der Waals surface area contributed by atoms with E-state index in [1.165, 1.54) is 64.3 Å². The molecule has 0 aromatic heterocycles. The van der Waals surface area contributed by atoms with Crippen LogP contribution >= 0.6 is 0 Å². The topological polar surface area (TPSA) is 12.0 Å². The highest BCUT2D eigenvalue weighted by Gasteiger charge is 2.34. The fourth-order valence-electron chi connectivity index (χ4n) is 3.20. The quantitative estimate of drug-likeness (QED) is 0.691. The minimum Gasteiger partial charge on any atom is -0.313 e. The average Bonchev–Trinajstić information content (AvgIpc) is 3.12. The molecule has 0 aromatic carbocycles. The summed E-state index contributed by atoms with van der Waals surface area (Å²) in [4.78, 5) is 0. The van der Waals surface area contributed by atoms with Crippen LogP contribution < -0.4 is 5.32 Å². The Bertz CT molecular complexity index is 201. The largest absolute Gasteiger partial charge is 0.313 e. The molecule has 2 fully saturated rings. The van der Waals surface area contributed by atoms with Crippen molar-refractivity contribution in [1.29, 1.82) is 0 Å². The molecule has 0 heterocycles. The molecule has 1 unspecified atom stereocenters. The van der Waals surface area contributed by atoms with E-state index in [-0.39, 0.29) is 0 Å². The minimum atomic E-state index is 0.562. The van der Waals surface area contributed by atoms with Gasteiger partial charge in [0.25, 0.3) is 0 Å². The summed E-state index contributed by atoms with van der Waals surface area (Å²) in [5.41, 5.74) is 0.562. The van der Waals surface area contributed by atoms with E-state index < -0.39 is 0 Å². The van der Waals surface area contributed by atoms with Gasteiger partial charge in [0.2, 0.25) is 0 Å². The molecule has 94 valence electrons. The van der Waals surface area contributed by atoms with Crippen LogP contribution in [0, 0.1) is 11.3 Å². The van der Waals surface area contributed by atoms with Gasteiger partial charge in [-0.1, -0.05) is 39.5 Å². The summed E-state index contributed by atoms with van der Waals surface area (Å²) in [5, 5.41) is 3.77. The van der Waals surface area contributed by atoms with Gasteiger partial charge in [-0.2, -0.15) is 0 Å². The first-order valence-electron chi connectivity index (χ1n) is 7.48. The zero-order valence-corrected chi connectivity index (χ0v) is 11.2. The second-order valence-corrected chi connectivity index (χ2v) is 6.35.